The standard InChI is InChI=1S/C23H24N4O4S.CH3NO/c1-28-14-15-11-24-27(12-15)13-16-10-19-21(22-17(16)6-5-9-30-22)23(25-31-19)26-32-20-8-4-3-7-18(20)29-2;2-1-3/h3-4,7-8,10-12H,5-6,9,13-14H2,1-2H3,(H,25,26);1H,(H2,2,3). The Hall–Kier alpha value is -3.70. The number of nitrogens with one attached hydrogen (secondary N) is 1. The lowest BCUT2D eigenvalue weighted by molar-refractivity contribution is -0.106. The Bertz CT molecular complexity index is 1290. The van der Waals surface area contributed by atoms with Crippen LogP contribution in [0.5, 0.6) is 11.5 Å². The van der Waals surface area contributed by atoms with E-state index >= 15 is 0 Å². The fourth-order valence-corrected chi connectivity index (χ4v) is 4.69. The molecular weight excluding hydrogens is 470 g/mol. The van der Waals surface area contributed by atoms with Gasteiger partial charge in [-0.2, -0.15) is 5.10 Å². The summed E-state index contributed by atoms with van der Waals surface area (Å²) < 4.78 is 27.7. The van der Waals surface area contributed by atoms with E-state index in [0.717, 1.165) is 45.7 Å². The molecule has 2 aromatic carbocycles. The van der Waals surface area contributed by atoms with Crippen LogP contribution in [0.2, 0.25) is 0 Å². The smallest absolute Gasteiger partial charge is 0.204 e. The summed E-state index contributed by atoms with van der Waals surface area (Å²) in [6, 6.07) is 9.88. The fourth-order valence-electron chi connectivity index (χ4n) is 3.95. The van der Waals surface area contributed by atoms with Gasteiger partial charge in [0.2, 0.25) is 6.41 Å². The molecule has 0 atom stereocenters. The monoisotopic (exact) mass is 497 g/mol. The first kappa shape index (κ1) is 24.4. The number of primary amides is 1. The van der Waals surface area contributed by atoms with E-state index in [9.17, 15) is 0 Å². The molecule has 10 nitrogen and oxygen atoms in total. The quantitative estimate of drug-likeness (QED) is 0.276. The molecule has 4 aromatic rings. The molecule has 5 rings (SSSR count). The van der Waals surface area contributed by atoms with Gasteiger partial charge >= 0.3 is 0 Å². The summed E-state index contributed by atoms with van der Waals surface area (Å²) in [4.78, 5) is 9.54. The van der Waals surface area contributed by atoms with Crippen molar-refractivity contribution in [3.05, 3.63) is 59.4 Å². The van der Waals surface area contributed by atoms with E-state index in [1.54, 1.807) is 14.2 Å². The fraction of sp³-hybridized carbons (Fsp3) is 0.292. The number of nitrogens with zero attached hydrogens (tertiary/aromatic N) is 3. The molecule has 0 radical (unpaired) electrons. The van der Waals surface area contributed by atoms with Crippen molar-refractivity contribution in [1.82, 2.24) is 14.9 Å². The Balaban J connectivity index is 0.000000917. The zero-order valence-electron chi connectivity index (χ0n) is 19.5. The highest BCUT2D eigenvalue weighted by Gasteiger charge is 2.24. The second kappa shape index (κ2) is 11.6. The molecule has 2 aromatic heterocycles. The molecule has 0 fully saturated rings. The van der Waals surface area contributed by atoms with E-state index in [2.05, 4.69) is 20.7 Å². The van der Waals surface area contributed by atoms with Gasteiger partial charge in [-0.25, -0.2) is 0 Å². The van der Waals surface area contributed by atoms with Crippen LogP contribution in [0.1, 0.15) is 23.1 Å². The number of anilines is 1. The van der Waals surface area contributed by atoms with Crippen LogP contribution in [-0.4, -0.2) is 42.2 Å². The van der Waals surface area contributed by atoms with Gasteiger partial charge in [-0.3, -0.25) is 9.48 Å². The molecule has 35 heavy (non-hydrogen) atoms. The molecule has 0 saturated carbocycles. The van der Waals surface area contributed by atoms with E-state index < -0.39 is 0 Å². The van der Waals surface area contributed by atoms with E-state index in [0.29, 0.717) is 31.2 Å². The van der Waals surface area contributed by atoms with Crippen molar-refractivity contribution in [3.8, 4) is 11.5 Å². The first-order chi connectivity index (χ1) is 17.2. The van der Waals surface area contributed by atoms with Gasteiger partial charge in [-0.05, 0) is 48.6 Å². The number of rotatable bonds is 8. The molecule has 184 valence electrons. The highest BCUT2D eigenvalue weighted by molar-refractivity contribution is 8.00. The Labute approximate surface area is 206 Å². The lowest BCUT2D eigenvalue weighted by Gasteiger charge is -2.21. The van der Waals surface area contributed by atoms with Crippen LogP contribution in [0, 0.1) is 0 Å². The molecule has 0 unspecified atom stereocenters. The van der Waals surface area contributed by atoms with Gasteiger partial charge in [0, 0.05) is 24.4 Å². The van der Waals surface area contributed by atoms with Crippen LogP contribution in [0.4, 0.5) is 5.82 Å². The molecule has 0 spiro atoms. The number of nitrogens with two attached hydrogens (primary N) is 1. The average molecular weight is 498 g/mol. The van der Waals surface area contributed by atoms with Crippen LogP contribution < -0.4 is 19.9 Å². The lowest BCUT2D eigenvalue weighted by Crippen LogP contribution is -2.13. The molecule has 0 aliphatic carbocycles. The molecule has 3 N–H and O–H groups in total. The molecule has 1 aliphatic heterocycles. The number of amides is 1. The highest BCUT2D eigenvalue weighted by atomic mass is 32.2. The number of aromatic nitrogens is 3. The van der Waals surface area contributed by atoms with Crippen LogP contribution >= 0.6 is 11.9 Å². The highest BCUT2D eigenvalue weighted by Crippen LogP contribution is 2.42. The van der Waals surface area contributed by atoms with E-state index in [1.165, 1.54) is 17.5 Å². The molecule has 0 bridgehead atoms. The van der Waals surface area contributed by atoms with Crippen molar-refractivity contribution in [2.24, 2.45) is 5.73 Å². The van der Waals surface area contributed by atoms with Crippen molar-refractivity contribution in [3.63, 3.8) is 0 Å². The van der Waals surface area contributed by atoms with Crippen LogP contribution in [0.25, 0.3) is 11.0 Å². The predicted molar refractivity (Wildman–Crippen MR) is 133 cm³/mol. The van der Waals surface area contributed by atoms with Crippen molar-refractivity contribution in [2.75, 3.05) is 25.5 Å². The summed E-state index contributed by atoms with van der Waals surface area (Å²) >= 11 is 1.43. The van der Waals surface area contributed by atoms with Crippen molar-refractivity contribution in [2.45, 2.75) is 30.9 Å². The molecule has 11 heteroatoms. The number of hydrogen-bond donors (Lipinski definition) is 2. The van der Waals surface area contributed by atoms with Gasteiger partial charge in [0.25, 0.3) is 0 Å². The van der Waals surface area contributed by atoms with Crippen molar-refractivity contribution in [1.29, 1.82) is 0 Å². The summed E-state index contributed by atoms with van der Waals surface area (Å²) in [6.07, 6.45) is 6.00. The third kappa shape index (κ3) is 5.52. The maximum atomic E-state index is 8.58. The first-order valence-electron chi connectivity index (χ1n) is 11.0. The van der Waals surface area contributed by atoms with Gasteiger partial charge in [-0.1, -0.05) is 17.3 Å². The summed E-state index contributed by atoms with van der Waals surface area (Å²) in [5, 5.41) is 9.62. The number of benzene rings is 2. The maximum Gasteiger partial charge on any atom is 0.204 e. The van der Waals surface area contributed by atoms with Crippen LogP contribution in [0.15, 0.2) is 52.1 Å². The minimum Gasteiger partial charge on any atom is -0.496 e. The third-order valence-electron chi connectivity index (χ3n) is 5.39. The summed E-state index contributed by atoms with van der Waals surface area (Å²) in [6.45, 7) is 1.85. The van der Waals surface area contributed by atoms with Gasteiger partial charge in [0.15, 0.2) is 11.4 Å². The largest absolute Gasteiger partial charge is 0.496 e. The topological polar surface area (TPSA) is 127 Å². The maximum absolute atomic E-state index is 8.58. The number of carbonyl (C=O) groups is 1. The van der Waals surface area contributed by atoms with Gasteiger partial charge in [-0.15, -0.1) is 0 Å². The van der Waals surface area contributed by atoms with E-state index in [4.69, 9.17) is 23.5 Å². The summed E-state index contributed by atoms with van der Waals surface area (Å²) in [5.41, 5.74) is 8.20. The second-order valence-electron chi connectivity index (χ2n) is 7.67. The Kier molecular flexibility index (Phi) is 8.11. The molecule has 0 saturated heterocycles. The van der Waals surface area contributed by atoms with Crippen LogP contribution in [-0.2, 0) is 29.1 Å². The average Bonchev–Trinajstić information content (AvgIpc) is 3.50. The van der Waals surface area contributed by atoms with Gasteiger partial charge in [0.05, 0.1) is 38.0 Å². The van der Waals surface area contributed by atoms with E-state index in [1.807, 2.05) is 47.4 Å². The molecule has 1 amide bonds. The Morgan fingerprint density at radius 2 is 2.14 bits per heavy atom. The van der Waals surface area contributed by atoms with E-state index in [-0.39, 0.29) is 6.41 Å². The van der Waals surface area contributed by atoms with Crippen molar-refractivity contribution < 1.29 is 23.5 Å². The number of fused-ring (bicyclic) bond motifs is 3. The molecule has 3 heterocycles. The molecular formula is C24H27N5O5S. The number of para-hydroxylation sites is 1. The zero-order chi connectivity index (χ0) is 24.6. The van der Waals surface area contributed by atoms with Crippen molar-refractivity contribution >= 4 is 35.1 Å². The second-order valence-corrected chi connectivity index (χ2v) is 8.52. The number of methoxy groups -OCH3 is 2. The number of ether oxygens (including phenoxy) is 3. The number of hydrogen-bond acceptors (Lipinski definition) is 9. The minimum atomic E-state index is 0.250. The Morgan fingerprint density at radius 1 is 1.31 bits per heavy atom. The summed E-state index contributed by atoms with van der Waals surface area (Å²) in [5.74, 6) is 2.28. The minimum absolute atomic E-state index is 0.250. The first-order valence-corrected chi connectivity index (χ1v) is 11.8. The normalized spacial score (nSPS) is 12.3. The SMILES string of the molecule is COCc1cnn(Cc2cc3onc(NSc4ccccc4OC)c3c3c2CCCO3)c1.NC=O. The van der Waals surface area contributed by atoms with Gasteiger partial charge in [0.1, 0.15) is 16.9 Å². The predicted octanol–water partition coefficient (Wildman–Crippen LogP) is 3.77. The molecule has 1 aliphatic rings. The summed E-state index contributed by atoms with van der Waals surface area (Å²) in [7, 11) is 3.34. The van der Waals surface area contributed by atoms with Gasteiger partial charge < -0.3 is 29.2 Å². The van der Waals surface area contributed by atoms with Crippen LogP contribution in [0.3, 0.4) is 0 Å². The zero-order valence-corrected chi connectivity index (χ0v) is 20.3. The Morgan fingerprint density at radius 3 is 2.94 bits per heavy atom. The lowest BCUT2D eigenvalue weighted by atomic mass is 9.97. The third-order valence-corrected chi connectivity index (χ3v) is 6.24. The number of carbonyl (C=O) groups excluding carboxylic acids is 1.